The number of nitrogens with one attached hydrogen (secondary N) is 1. The minimum atomic E-state index is 0. The molecule has 0 fully saturated rings. The largest absolute Gasteiger partial charge is 0.493 e. The highest BCUT2D eigenvalue weighted by molar-refractivity contribution is 5.65. The third-order valence-electron chi connectivity index (χ3n) is 3.46. The van der Waals surface area contributed by atoms with Crippen LogP contribution in [0.5, 0.6) is 11.5 Å². The van der Waals surface area contributed by atoms with E-state index < -0.39 is 0 Å². The van der Waals surface area contributed by atoms with E-state index in [1.165, 1.54) is 11.3 Å². The molecular weight excluding hydrogens is 252 g/mol. The first-order valence-electron chi connectivity index (χ1n) is 6.80. The Morgan fingerprint density at radius 2 is 1.85 bits per heavy atom. The van der Waals surface area contributed by atoms with Crippen molar-refractivity contribution in [2.45, 2.75) is 12.3 Å². The Kier molecular flexibility index (Phi) is 6.39. The first-order valence-corrected chi connectivity index (χ1v) is 6.80. The van der Waals surface area contributed by atoms with Crippen molar-refractivity contribution in [2.75, 3.05) is 46.7 Å². The van der Waals surface area contributed by atoms with Crippen molar-refractivity contribution in [3.05, 3.63) is 30.9 Å². The Bertz CT molecular complexity index is 442. The molecule has 116 valence electrons. The Balaban J connectivity index is 0. The summed E-state index contributed by atoms with van der Waals surface area (Å²) in [6.07, 6.45) is 1.16. The summed E-state index contributed by atoms with van der Waals surface area (Å²) in [5.41, 5.74) is 2.52. The van der Waals surface area contributed by atoms with E-state index in [-0.39, 0.29) is 2.85 Å². The van der Waals surface area contributed by atoms with Crippen LogP contribution in [0.15, 0.2) is 25.3 Å². The first-order chi connectivity index (χ1) is 9.65. The molecule has 0 amide bonds. The molecule has 0 aliphatic carbocycles. The molecule has 1 atom stereocenters. The van der Waals surface area contributed by atoms with Crippen molar-refractivity contribution in [1.82, 2.24) is 4.90 Å². The molecule has 1 heterocycles. The van der Waals surface area contributed by atoms with Crippen molar-refractivity contribution < 1.29 is 12.3 Å². The fraction of sp³-hybridized carbons (Fsp3) is 0.500. The molecule has 1 aromatic rings. The Hall–Kier alpha value is -1.68. The lowest BCUT2D eigenvalue weighted by atomic mass is 9.97. The summed E-state index contributed by atoms with van der Waals surface area (Å²) in [7, 11) is 7.57. The van der Waals surface area contributed by atoms with Crippen LogP contribution in [0.25, 0.3) is 0 Å². The van der Waals surface area contributed by atoms with E-state index in [1.807, 2.05) is 6.07 Å². The average molecular weight is 282 g/mol. The third kappa shape index (κ3) is 3.67. The molecule has 0 saturated carbocycles. The predicted octanol–water partition coefficient (Wildman–Crippen LogP) is 3.46. The lowest BCUT2D eigenvalue weighted by Crippen LogP contribution is -2.16. The second-order valence-electron chi connectivity index (χ2n) is 4.96. The number of benzene rings is 1. The van der Waals surface area contributed by atoms with E-state index >= 15 is 0 Å². The highest BCUT2D eigenvalue weighted by atomic mass is 16.5. The van der Waals surface area contributed by atoms with E-state index in [9.17, 15) is 0 Å². The monoisotopic (exact) mass is 282 g/mol. The van der Waals surface area contributed by atoms with Crippen molar-refractivity contribution in [2.24, 2.45) is 0 Å². The zero-order chi connectivity index (χ0) is 15.1. The van der Waals surface area contributed by atoms with E-state index in [1.54, 1.807) is 14.2 Å². The zero-order valence-corrected chi connectivity index (χ0v) is 13.0. The van der Waals surface area contributed by atoms with Gasteiger partial charge in [0.25, 0.3) is 0 Å². The molecule has 1 N–H and O–H groups in total. The van der Waals surface area contributed by atoms with Gasteiger partial charge in [0.2, 0.25) is 0 Å². The Labute approximate surface area is 125 Å². The molecule has 0 radical (unpaired) electrons. The van der Waals surface area contributed by atoms with Gasteiger partial charge in [0, 0.05) is 27.1 Å². The minimum Gasteiger partial charge on any atom is -0.493 e. The van der Waals surface area contributed by atoms with E-state index in [2.05, 4.69) is 43.5 Å². The van der Waals surface area contributed by atoms with Gasteiger partial charge in [-0.1, -0.05) is 0 Å². The summed E-state index contributed by atoms with van der Waals surface area (Å²) in [6, 6.07) is 4.14. The van der Waals surface area contributed by atoms with Crippen LogP contribution in [0.1, 0.15) is 20.8 Å². The summed E-state index contributed by atoms with van der Waals surface area (Å²) < 4.78 is 10.7. The van der Waals surface area contributed by atoms with Crippen LogP contribution in [0, 0.1) is 0 Å². The number of nitrogens with zero attached hydrogens (tertiary/aromatic N) is 1. The molecule has 4 nitrogen and oxygen atoms in total. The maximum absolute atomic E-state index is 5.37. The van der Waals surface area contributed by atoms with Crippen molar-refractivity contribution in [3.63, 3.8) is 0 Å². The van der Waals surface area contributed by atoms with Crippen molar-refractivity contribution in [3.8, 4) is 11.5 Å². The summed E-state index contributed by atoms with van der Waals surface area (Å²) in [5, 5.41) is 3.45. The SMILES string of the molecule is C=C.COc1cc2c(cc1OC)C(CCN(C)C)CN2.[HH].[HH]. The Morgan fingerprint density at radius 3 is 2.40 bits per heavy atom. The topological polar surface area (TPSA) is 33.7 Å². The maximum Gasteiger partial charge on any atom is 0.162 e. The number of anilines is 1. The van der Waals surface area contributed by atoms with Crippen molar-refractivity contribution in [1.29, 1.82) is 0 Å². The fourth-order valence-electron chi connectivity index (χ4n) is 2.40. The lowest BCUT2D eigenvalue weighted by molar-refractivity contribution is 0.354. The van der Waals surface area contributed by atoms with Gasteiger partial charge in [-0.05, 0) is 38.7 Å². The zero-order valence-electron chi connectivity index (χ0n) is 13.0. The van der Waals surface area contributed by atoms with Crippen LogP contribution in [-0.4, -0.2) is 46.3 Å². The van der Waals surface area contributed by atoms with Gasteiger partial charge in [-0.3, -0.25) is 0 Å². The minimum absolute atomic E-state index is 0. The molecule has 2 rings (SSSR count). The molecule has 1 unspecified atom stereocenters. The second kappa shape index (κ2) is 7.80. The second-order valence-corrected chi connectivity index (χ2v) is 4.96. The summed E-state index contributed by atoms with van der Waals surface area (Å²) in [4.78, 5) is 2.22. The van der Waals surface area contributed by atoms with Crippen LogP contribution in [0.2, 0.25) is 0 Å². The molecule has 20 heavy (non-hydrogen) atoms. The molecular formula is C16H30N2O2. The quantitative estimate of drug-likeness (QED) is 0.839. The van der Waals surface area contributed by atoms with Crippen LogP contribution < -0.4 is 14.8 Å². The van der Waals surface area contributed by atoms with Gasteiger partial charge in [-0.25, -0.2) is 0 Å². The summed E-state index contributed by atoms with van der Waals surface area (Å²) in [6.45, 7) is 8.10. The molecule has 0 aromatic heterocycles. The van der Waals surface area contributed by atoms with Gasteiger partial charge < -0.3 is 19.7 Å². The van der Waals surface area contributed by atoms with Gasteiger partial charge in [-0.15, -0.1) is 13.2 Å². The van der Waals surface area contributed by atoms with Crippen LogP contribution in [0.3, 0.4) is 0 Å². The number of rotatable bonds is 5. The van der Waals surface area contributed by atoms with Crippen LogP contribution in [0.4, 0.5) is 5.69 Å². The number of ether oxygens (including phenoxy) is 2. The van der Waals surface area contributed by atoms with E-state index in [4.69, 9.17) is 9.47 Å². The number of fused-ring (bicyclic) bond motifs is 1. The number of hydrogen-bond acceptors (Lipinski definition) is 4. The van der Waals surface area contributed by atoms with Gasteiger partial charge in [0.05, 0.1) is 14.2 Å². The molecule has 4 heteroatoms. The standard InChI is InChI=1S/C14H22N2O2.C2H4.2H2/c1-16(2)6-5-10-9-15-12-8-14(18-4)13(17-3)7-11(10)12;1-2;;/h7-8,10,15H,5-6,9H2,1-4H3;1-2H2;2*1H. The van der Waals surface area contributed by atoms with Crippen LogP contribution in [-0.2, 0) is 0 Å². The number of hydrogen-bond donors (Lipinski definition) is 1. The first kappa shape index (κ1) is 16.4. The molecule has 0 bridgehead atoms. The van der Waals surface area contributed by atoms with Gasteiger partial charge >= 0.3 is 0 Å². The molecule has 0 spiro atoms. The maximum atomic E-state index is 5.37. The highest BCUT2D eigenvalue weighted by Gasteiger charge is 2.24. The fourth-order valence-corrected chi connectivity index (χ4v) is 2.40. The third-order valence-corrected chi connectivity index (χ3v) is 3.46. The van der Waals surface area contributed by atoms with Gasteiger partial charge in [0.15, 0.2) is 11.5 Å². The number of methoxy groups -OCH3 is 2. The molecule has 1 aliphatic rings. The van der Waals surface area contributed by atoms with E-state index in [0.29, 0.717) is 5.92 Å². The molecule has 1 aromatic carbocycles. The summed E-state index contributed by atoms with van der Waals surface area (Å²) in [5.74, 6) is 2.16. The highest BCUT2D eigenvalue weighted by Crippen LogP contribution is 2.41. The Morgan fingerprint density at radius 1 is 1.25 bits per heavy atom. The lowest BCUT2D eigenvalue weighted by Gasteiger charge is -2.15. The van der Waals surface area contributed by atoms with Crippen LogP contribution >= 0.6 is 0 Å². The smallest absolute Gasteiger partial charge is 0.162 e. The van der Waals surface area contributed by atoms with Gasteiger partial charge in [0.1, 0.15) is 0 Å². The predicted molar refractivity (Wildman–Crippen MR) is 89.4 cm³/mol. The van der Waals surface area contributed by atoms with Gasteiger partial charge in [-0.2, -0.15) is 0 Å². The normalized spacial score (nSPS) is 15.9. The van der Waals surface area contributed by atoms with Crippen molar-refractivity contribution >= 4 is 5.69 Å². The van der Waals surface area contributed by atoms with E-state index in [0.717, 1.165) is 31.0 Å². The molecule has 0 saturated heterocycles. The molecule has 1 aliphatic heterocycles. The average Bonchev–Trinajstić information content (AvgIpc) is 2.87. The summed E-state index contributed by atoms with van der Waals surface area (Å²) >= 11 is 0.